The molecule has 0 saturated carbocycles. The molecule has 4 heterocycles. The zero-order valence-electron chi connectivity index (χ0n) is 17.6. The smallest absolute Gasteiger partial charge is 0.325 e. The molecule has 0 aliphatic carbocycles. The Labute approximate surface area is 182 Å². The fraction of sp³-hybridized carbons (Fsp3) is 0.208. The van der Waals surface area contributed by atoms with Gasteiger partial charge in [0, 0.05) is 44.6 Å². The van der Waals surface area contributed by atoms with Gasteiger partial charge in [-0.1, -0.05) is 36.5 Å². The van der Waals surface area contributed by atoms with Crippen molar-refractivity contribution in [1.82, 2.24) is 25.1 Å². The molecule has 2 aliphatic rings. The first-order valence-electron chi connectivity index (χ1n) is 10.3. The third-order valence-electron chi connectivity index (χ3n) is 5.13. The molecule has 7 heteroatoms. The third-order valence-corrected chi connectivity index (χ3v) is 5.13. The first-order chi connectivity index (χ1) is 15.2. The molecule has 4 rings (SSSR count). The molecule has 7 nitrogen and oxygen atoms in total. The molecule has 0 saturated heterocycles. The van der Waals surface area contributed by atoms with Crippen molar-refractivity contribution in [3.05, 3.63) is 96.9 Å². The van der Waals surface area contributed by atoms with Gasteiger partial charge in [-0.25, -0.2) is 4.79 Å². The molecule has 0 aromatic carbocycles. The fourth-order valence-corrected chi connectivity index (χ4v) is 3.57. The molecule has 31 heavy (non-hydrogen) atoms. The number of pyridine rings is 2. The Morgan fingerprint density at radius 2 is 1.68 bits per heavy atom. The maximum absolute atomic E-state index is 13.2. The quantitative estimate of drug-likeness (QED) is 0.812. The van der Waals surface area contributed by atoms with E-state index in [9.17, 15) is 4.79 Å². The van der Waals surface area contributed by atoms with Gasteiger partial charge in [0.15, 0.2) is 0 Å². The van der Waals surface area contributed by atoms with Crippen molar-refractivity contribution in [2.24, 2.45) is 0 Å². The van der Waals surface area contributed by atoms with Crippen LogP contribution in [-0.2, 0) is 0 Å². The van der Waals surface area contributed by atoms with Crippen molar-refractivity contribution >= 4 is 17.4 Å². The van der Waals surface area contributed by atoms with Crippen molar-refractivity contribution in [2.45, 2.75) is 0 Å². The maximum atomic E-state index is 13.2. The number of anilines is 2. The number of dihydropyridines is 1. The monoisotopic (exact) mass is 414 g/mol. The number of nitrogens with zero attached hydrogens (tertiary/aromatic N) is 5. The van der Waals surface area contributed by atoms with Gasteiger partial charge in [0.05, 0.1) is 30.3 Å². The number of urea groups is 1. The number of amides is 2. The molecule has 2 amide bonds. The van der Waals surface area contributed by atoms with E-state index in [1.807, 2.05) is 68.0 Å². The molecule has 158 valence electrons. The van der Waals surface area contributed by atoms with Gasteiger partial charge in [-0.2, -0.15) is 0 Å². The van der Waals surface area contributed by atoms with Crippen LogP contribution in [0.3, 0.4) is 0 Å². The molecule has 1 N–H and O–H groups in total. The zero-order chi connectivity index (χ0) is 21.5. The van der Waals surface area contributed by atoms with Crippen molar-refractivity contribution in [3.63, 3.8) is 0 Å². The van der Waals surface area contributed by atoms with Gasteiger partial charge in [-0.05, 0) is 24.3 Å². The number of likely N-dealkylation sites (N-methyl/N-ethyl adjacent to an activating group) is 1. The van der Waals surface area contributed by atoms with E-state index in [0.29, 0.717) is 26.2 Å². The molecule has 2 aliphatic heterocycles. The van der Waals surface area contributed by atoms with Crippen molar-refractivity contribution < 1.29 is 4.79 Å². The van der Waals surface area contributed by atoms with Gasteiger partial charge < -0.3 is 15.1 Å². The second kappa shape index (κ2) is 9.75. The van der Waals surface area contributed by atoms with Gasteiger partial charge in [-0.3, -0.25) is 14.9 Å². The highest BCUT2D eigenvalue weighted by Gasteiger charge is 2.25. The Morgan fingerprint density at radius 1 is 1.00 bits per heavy atom. The normalized spacial score (nSPS) is 18.7. The second-order valence-corrected chi connectivity index (χ2v) is 7.30. The number of rotatable bonds is 5. The largest absolute Gasteiger partial charge is 0.368 e. The van der Waals surface area contributed by atoms with Gasteiger partial charge in [0.1, 0.15) is 5.82 Å². The standard InChI is InChI=1S/C24H26N6O/c1-28-15-4-2-3-5-16-29(24(28)31)23-20(9-6-14-27-23)19-30(21-10-7-12-25-17-21)22-11-8-13-26-18-22/h2-13,17-18,27H,14-16,19H2,1H3/b4-2-,5-3-. The summed E-state index contributed by atoms with van der Waals surface area (Å²) in [6.45, 7) is 2.29. The van der Waals surface area contributed by atoms with Crippen LogP contribution < -0.4 is 10.2 Å². The van der Waals surface area contributed by atoms with Crippen LogP contribution in [0.15, 0.2) is 96.9 Å². The minimum Gasteiger partial charge on any atom is -0.368 e. The van der Waals surface area contributed by atoms with E-state index in [0.717, 1.165) is 22.8 Å². The molecule has 0 bridgehead atoms. The molecule has 0 fully saturated rings. The lowest BCUT2D eigenvalue weighted by Gasteiger charge is -2.33. The van der Waals surface area contributed by atoms with E-state index in [4.69, 9.17) is 0 Å². The number of nitrogens with one attached hydrogen (secondary N) is 1. The lowest BCUT2D eigenvalue weighted by atomic mass is 10.1. The summed E-state index contributed by atoms with van der Waals surface area (Å²) < 4.78 is 0. The lowest BCUT2D eigenvalue weighted by molar-refractivity contribution is 0.181. The number of carbonyl (C=O) groups is 1. The van der Waals surface area contributed by atoms with Crippen LogP contribution in [0.2, 0.25) is 0 Å². The Balaban J connectivity index is 1.72. The van der Waals surface area contributed by atoms with Crippen LogP contribution in [0.5, 0.6) is 0 Å². The summed E-state index contributed by atoms with van der Waals surface area (Å²) in [5.74, 6) is 0.823. The van der Waals surface area contributed by atoms with Gasteiger partial charge in [-0.15, -0.1) is 0 Å². The van der Waals surface area contributed by atoms with Crippen LogP contribution in [0.1, 0.15) is 0 Å². The summed E-state index contributed by atoms with van der Waals surface area (Å²) >= 11 is 0. The van der Waals surface area contributed by atoms with E-state index in [-0.39, 0.29) is 6.03 Å². The van der Waals surface area contributed by atoms with Gasteiger partial charge in [0.2, 0.25) is 0 Å². The summed E-state index contributed by atoms with van der Waals surface area (Å²) in [4.78, 5) is 27.4. The van der Waals surface area contributed by atoms with Crippen LogP contribution in [0, 0.1) is 0 Å². The van der Waals surface area contributed by atoms with Crippen LogP contribution in [-0.4, -0.2) is 59.0 Å². The number of hydrogen-bond donors (Lipinski definition) is 1. The molecule has 2 aromatic rings. The predicted molar refractivity (Wildman–Crippen MR) is 123 cm³/mol. The topological polar surface area (TPSA) is 64.6 Å². The minimum absolute atomic E-state index is 0.0409. The van der Waals surface area contributed by atoms with Crippen molar-refractivity contribution in [1.29, 1.82) is 0 Å². The number of hydrogen-bond acceptors (Lipinski definition) is 5. The number of carbonyl (C=O) groups excluding carboxylic acids is 1. The minimum atomic E-state index is -0.0409. The Morgan fingerprint density at radius 3 is 2.32 bits per heavy atom. The first kappa shape index (κ1) is 20.4. The average molecular weight is 415 g/mol. The molecule has 2 aromatic heterocycles. The van der Waals surface area contributed by atoms with E-state index < -0.39 is 0 Å². The summed E-state index contributed by atoms with van der Waals surface area (Å²) in [5.41, 5.74) is 2.93. The molecule has 0 radical (unpaired) electrons. The van der Waals surface area contributed by atoms with E-state index in [1.165, 1.54) is 0 Å². The molecule has 0 atom stereocenters. The molecular weight excluding hydrogens is 388 g/mol. The van der Waals surface area contributed by atoms with Gasteiger partial charge >= 0.3 is 6.03 Å². The summed E-state index contributed by atoms with van der Waals surface area (Å²) in [7, 11) is 1.82. The van der Waals surface area contributed by atoms with Crippen LogP contribution >= 0.6 is 0 Å². The Hall–Kier alpha value is -3.87. The maximum Gasteiger partial charge on any atom is 0.325 e. The average Bonchev–Trinajstić information content (AvgIpc) is 2.90. The van der Waals surface area contributed by atoms with E-state index in [2.05, 4.69) is 32.3 Å². The van der Waals surface area contributed by atoms with Crippen molar-refractivity contribution in [2.75, 3.05) is 38.1 Å². The van der Waals surface area contributed by atoms with Crippen molar-refractivity contribution in [3.8, 4) is 0 Å². The second-order valence-electron chi connectivity index (χ2n) is 7.30. The Bertz CT molecular complexity index is 973. The Kier molecular flexibility index (Phi) is 6.42. The summed E-state index contributed by atoms with van der Waals surface area (Å²) in [6, 6.07) is 7.84. The van der Waals surface area contributed by atoms with Gasteiger partial charge in [0.25, 0.3) is 0 Å². The summed E-state index contributed by atoms with van der Waals surface area (Å²) in [5, 5.41) is 3.43. The zero-order valence-corrected chi connectivity index (χ0v) is 17.6. The number of allylic oxidation sites excluding steroid dienone is 2. The molecule has 0 spiro atoms. The lowest BCUT2D eigenvalue weighted by Crippen LogP contribution is -2.46. The van der Waals surface area contributed by atoms with Crippen LogP contribution in [0.4, 0.5) is 16.2 Å². The predicted octanol–water partition coefficient (Wildman–Crippen LogP) is 3.47. The SMILES string of the molecule is CN1C/C=C\C=C/CN(C2=C(CN(c3cccnc3)c3cccnc3)C=CCN2)C1=O. The number of aromatic nitrogens is 2. The van der Waals surface area contributed by atoms with E-state index >= 15 is 0 Å². The fourth-order valence-electron chi connectivity index (χ4n) is 3.57. The highest BCUT2D eigenvalue weighted by Crippen LogP contribution is 2.27. The summed E-state index contributed by atoms with van der Waals surface area (Å²) in [6.07, 6.45) is 19.3. The van der Waals surface area contributed by atoms with E-state index in [1.54, 1.807) is 22.2 Å². The molecular formula is C24H26N6O. The highest BCUT2D eigenvalue weighted by molar-refractivity contribution is 5.77. The highest BCUT2D eigenvalue weighted by atomic mass is 16.2. The van der Waals surface area contributed by atoms with Crippen LogP contribution in [0.25, 0.3) is 0 Å². The third kappa shape index (κ3) is 4.83. The molecule has 0 unspecified atom stereocenters. The first-order valence-corrected chi connectivity index (χ1v) is 10.3.